The van der Waals surface area contributed by atoms with Crippen molar-refractivity contribution >= 4 is 40.7 Å². The highest BCUT2D eigenvalue weighted by molar-refractivity contribution is 6.42. The average Bonchev–Trinajstić information content (AvgIpc) is 2.94. The first-order valence-corrected chi connectivity index (χ1v) is 8.46. The maximum atomic E-state index is 13.0. The molecule has 2 aromatic rings. The maximum absolute atomic E-state index is 13.0. The van der Waals surface area contributed by atoms with Crippen molar-refractivity contribution in [3.63, 3.8) is 0 Å². The Kier molecular flexibility index (Phi) is 5.25. The first kappa shape index (κ1) is 17.7. The van der Waals surface area contributed by atoms with Crippen LogP contribution in [0.3, 0.4) is 0 Å². The third-order valence-corrected chi connectivity index (χ3v) is 4.80. The van der Waals surface area contributed by atoms with Gasteiger partial charge in [-0.2, -0.15) is 0 Å². The molecule has 0 aromatic heterocycles. The van der Waals surface area contributed by atoms with E-state index in [0.717, 1.165) is 5.56 Å². The van der Waals surface area contributed by atoms with Crippen LogP contribution in [0.2, 0.25) is 10.0 Å². The van der Waals surface area contributed by atoms with Gasteiger partial charge in [0.1, 0.15) is 5.82 Å². The van der Waals surface area contributed by atoms with Crippen molar-refractivity contribution in [1.29, 1.82) is 0 Å². The minimum atomic E-state index is -0.442. The molecule has 0 saturated carbocycles. The molecule has 4 nitrogen and oxygen atoms in total. The Morgan fingerprint density at radius 1 is 1.16 bits per heavy atom. The lowest BCUT2D eigenvalue weighted by atomic mass is 10.1. The summed E-state index contributed by atoms with van der Waals surface area (Å²) >= 11 is 11.8. The summed E-state index contributed by atoms with van der Waals surface area (Å²) in [5.74, 6) is -1.11. The topological polar surface area (TPSA) is 49.4 Å². The second kappa shape index (κ2) is 7.42. The molecule has 1 aliphatic heterocycles. The number of likely N-dealkylation sites (tertiary alicyclic amines) is 1. The van der Waals surface area contributed by atoms with E-state index in [1.165, 1.54) is 12.1 Å². The summed E-state index contributed by atoms with van der Waals surface area (Å²) in [6.07, 6.45) is 0.147. The summed E-state index contributed by atoms with van der Waals surface area (Å²) < 4.78 is 13.0. The van der Waals surface area contributed by atoms with Crippen LogP contribution in [0.5, 0.6) is 0 Å². The number of rotatable bonds is 4. The smallest absolute Gasteiger partial charge is 0.229 e. The molecule has 0 radical (unpaired) electrons. The predicted octanol–water partition coefficient (Wildman–Crippen LogP) is 4.12. The molecule has 7 heteroatoms. The van der Waals surface area contributed by atoms with Crippen molar-refractivity contribution in [2.45, 2.75) is 13.0 Å². The fourth-order valence-corrected chi connectivity index (χ4v) is 3.03. The number of carbonyl (C=O) groups excluding carboxylic acids is 2. The van der Waals surface area contributed by atoms with E-state index in [1.54, 1.807) is 35.2 Å². The van der Waals surface area contributed by atoms with Gasteiger partial charge in [0, 0.05) is 25.2 Å². The molecule has 1 aliphatic rings. The van der Waals surface area contributed by atoms with Crippen LogP contribution in [-0.2, 0) is 16.1 Å². The van der Waals surface area contributed by atoms with Crippen molar-refractivity contribution < 1.29 is 14.0 Å². The molecule has 130 valence electrons. The summed E-state index contributed by atoms with van der Waals surface area (Å²) in [5, 5.41) is 3.50. The molecule has 0 spiro atoms. The molecule has 1 atom stereocenters. The first-order chi connectivity index (χ1) is 11.9. The normalized spacial score (nSPS) is 17.0. The number of halogens is 3. The van der Waals surface area contributed by atoms with E-state index < -0.39 is 5.92 Å². The summed E-state index contributed by atoms with van der Waals surface area (Å²) in [5.41, 5.74) is 1.35. The lowest BCUT2D eigenvalue weighted by Gasteiger charge is -2.16. The summed E-state index contributed by atoms with van der Waals surface area (Å²) in [4.78, 5) is 26.1. The molecule has 0 bridgehead atoms. The molecule has 1 fully saturated rings. The van der Waals surface area contributed by atoms with Crippen LogP contribution in [-0.4, -0.2) is 23.3 Å². The highest BCUT2D eigenvalue weighted by atomic mass is 35.5. The Labute approximate surface area is 154 Å². The summed E-state index contributed by atoms with van der Waals surface area (Å²) in [6, 6.07) is 10.8. The van der Waals surface area contributed by atoms with E-state index in [0.29, 0.717) is 28.8 Å². The molecule has 25 heavy (non-hydrogen) atoms. The van der Waals surface area contributed by atoms with Gasteiger partial charge in [-0.15, -0.1) is 0 Å². The molecule has 1 heterocycles. The van der Waals surface area contributed by atoms with Gasteiger partial charge < -0.3 is 10.2 Å². The number of nitrogens with one attached hydrogen (secondary N) is 1. The van der Waals surface area contributed by atoms with Crippen molar-refractivity contribution in [3.05, 3.63) is 63.9 Å². The van der Waals surface area contributed by atoms with Crippen molar-refractivity contribution in [1.82, 2.24) is 4.90 Å². The van der Waals surface area contributed by atoms with E-state index >= 15 is 0 Å². The fourth-order valence-electron chi connectivity index (χ4n) is 2.73. The highest BCUT2D eigenvalue weighted by Gasteiger charge is 2.34. The second-order valence-electron chi connectivity index (χ2n) is 5.92. The van der Waals surface area contributed by atoms with Gasteiger partial charge in [-0.3, -0.25) is 9.59 Å². The number of nitrogens with zero attached hydrogens (tertiary/aromatic N) is 1. The van der Waals surface area contributed by atoms with E-state index in [-0.39, 0.29) is 24.1 Å². The van der Waals surface area contributed by atoms with E-state index in [4.69, 9.17) is 23.2 Å². The van der Waals surface area contributed by atoms with Gasteiger partial charge in [0.25, 0.3) is 0 Å². The van der Waals surface area contributed by atoms with E-state index in [1.807, 2.05) is 0 Å². The zero-order chi connectivity index (χ0) is 18.0. The highest BCUT2D eigenvalue weighted by Crippen LogP contribution is 2.26. The van der Waals surface area contributed by atoms with E-state index in [9.17, 15) is 14.0 Å². The van der Waals surface area contributed by atoms with E-state index in [2.05, 4.69) is 5.32 Å². The average molecular weight is 381 g/mol. The Bertz CT molecular complexity index is 811. The van der Waals surface area contributed by atoms with Crippen LogP contribution in [0, 0.1) is 11.7 Å². The Balaban J connectivity index is 1.62. The van der Waals surface area contributed by atoms with Crippen LogP contribution < -0.4 is 5.32 Å². The van der Waals surface area contributed by atoms with Crippen LogP contribution >= 0.6 is 23.2 Å². The van der Waals surface area contributed by atoms with Crippen molar-refractivity contribution in [3.8, 4) is 0 Å². The Morgan fingerprint density at radius 2 is 1.88 bits per heavy atom. The molecular weight excluding hydrogens is 366 g/mol. The fraction of sp³-hybridized carbons (Fsp3) is 0.222. The lowest BCUT2D eigenvalue weighted by Crippen LogP contribution is -2.28. The van der Waals surface area contributed by atoms with Gasteiger partial charge in [-0.25, -0.2) is 4.39 Å². The summed E-state index contributed by atoms with van der Waals surface area (Å²) in [6.45, 7) is 0.680. The first-order valence-electron chi connectivity index (χ1n) is 7.70. The number of carbonyl (C=O) groups is 2. The molecule has 0 aliphatic carbocycles. The van der Waals surface area contributed by atoms with Crippen LogP contribution in [0.15, 0.2) is 42.5 Å². The number of benzene rings is 2. The van der Waals surface area contributed by atoms with Crippen LogP contribution in [0.1, 0.15) is 12.0 Å². The molecule has 1 unspecified atom stereocenters. The molecule has 1 N–H and O–H groups in total. The van der Waals surface area contributed by atoms with Gasteiger partial charge in [-0.1, -0.05) is 35.3 Å². The Morgan fingerprint density at radius 3 is 2.56 bits per heavy atom. The standard InChI is InChI=1S/C18H15Cl2FN2O2/c19-15-6-5-14(8-16(15)20)22-18(25)12-7-17(24)23(10-12)9-11-1-3-13(21)4-2-11/h1-6,8,12H,7,9-10H2,(H,22,25). The number of anilines is 1. The van der Waals surface area contributed by atoms with Gasteiger partial charge in [0.2, 0.25) is 11.8 Å². The van der Waals surface area contributed by atoms with Gasteiger partial charge in [-0.05, 0) is 35.9 Å². The van der Waals surface area contributed by atoms with Crippen LogP contribution in [0.4, 0.5) is 10.1 Å². The minimum absolute atomic E-state index is 0.0985. The SMILES string of the molecule is O=C(Nc1ccc(Cl)c(Cl)c1)C1CC(=O)N(Cc2ccc(F)cc2)C1. The number of hydrogen-bond donors (Lipinski definition) is 1. The zero-order valence-corrected chi connectivity index (χ0v) is 14.6. The Hall–Kier alpha value is -2.11. The minimum Gasteiger partial charge on any atom is -0.338 e. The molecular formula is C18H15Cl2FN2O2. The van der Waals surface area contributed by atoms with Crippen molar-refractivity contribution in [2.75, 3.05) is 11.9 Å². The van der Waals surface area contributed by atoms with Crippen molar-refractivity contribution in [2.24, 2.45) is 5.92 Å². The lowest BCUT2D eigenvalue weighted by molar-refractivity contribution is -0.128. The maximum Gasteiger partial charge on any atom is 0.229 e. The quantitative estimate of drug-likeness (QED) is 0.866. The second-order valence-corrected chi connectivity index (χ2v) is 6.73. The third-order valence-electron chi connectivity index (χ3n) is 4.06. The van der Waals surface area contributed by atoms with Gasteiger partial charge in [0.05, 0.1) is 16.0 Å². The number of amides is 2. The monoisotopic (exact) mass is 380 g/mol. The van der Waals surface area contributed by atoms with Gasteiger partial charge in [0.15, 0.2) is 0 Å². The molecule has 2 aromatic carbocycles. The molecule has 1 saturated heterocycles. The van der Waals surface area contributed by atoms with Gasteiger partial charge >= 0.3 is 0 Å². The summed E-state index contributed by atoms with van der Waals surface area (Å²) in [7, 11) is 0. The number of hydrogen-bond acceptors (Lipinski definition) is 2. The zero-order valence-electron chi connectivity index (χ0n) is 13.1. The van der Waals surface area contributed by atoms with Crippen LogP contribution in [0.25, 0.3) is 0 Å². The largest absolute Gasteiger partial charge is 0.338 e. The predicted molar refractivity (Wildman–Crippen MR) is 95.0 cm³/mol. The molecule has 2 amide bonds. The third kappa shape index (κ3) is 4.30. The molecule has 3 rings (SSSR count).